The lowest BCUT2D eigenvalue weighted by Gasteiger charge is -2.07. The van der Waals surface area contributed by atoms with Crippen LogP contribution in [0.25, 0.3) is 0 Å². The first-order valence-corrected chi connectivity index (χ1v) is 5.39. The number of hydrogen-bond donors (Lipinski definition) is 1. The SMILES string of the molecule is COc1cccc(OCCNC2CC2)c1.Cl. The average Bonchev–Trinajstić information content (AvgIpc) is 3.09. The lowest BCUT2D eigenvalue weighted by atomic mass is 10.3. The molecule has 90 valence electrons. The molecule has 1 N–H and O–H groups in total. The van der Waals surface area contributed by atoms with Crippen molar-refractivity contribution in [3.05, 3.63) is 24.3 Å². The van der Waals surface area contributed by atoms with Gasteiger partial charge in [0.25, 0.3) is 0 Å². The molecule has 0 spiro atoms. The molecule has 16 heavy (non-hydrogen) atoms. The maximum Gasteiger partial charge on any atom is 0.123 e. The van der Waals surface area contributed by atoms with E-state index >= 15 is 0 Å². The minimum Gasteiger partial charge on any atom is -0.497 e. The molecule has 3 nitrogen and oxygen atoms in total. The number of methoxy groups -OCH3 is 1. The number of nitrogens with one attached hydrogen (secondary N) is 1. The Bertz CT molecular complexity index is 316. The van der Waals surface area contributed by atoms with Crippen molar-refractivity contribution in [3.63, 3.8) is 0 Å². The first-order valence-electron chi connectivity index (χ1n) is 5.39. The first-order chi connectivity index (χ1) is 7.38. The number of benzene rings is 1. The van der Waals surface area contributed by atoms with Crippen LogP contribution in [0.4, 0.5) is 0 Å². The summed E-state index contributed by atoms with van der Waals surface area (Å²) in [6.45, 7) is 1.63. The molecule has 0 unspecified atom stereocenters. The molecule has 1 fully saturated rings. The molecule has 0 aromatic heterocycles. The fourth-order valence-electron chi connectivity index (χ4n) is 1.41. The predicted octanol–water partition coefficient (Wildman–Crippen LogP) is 2.25. The number of hydrogen-bond acceptors (Lipinski definition) is 3. The fourth-order valence-corrected chi connectivity index (χ4v) is 1.41. The Balaban J connectivity index is 0.00000128. The van der Waals surface area contributed by atoms with Crippen LogP contribution in [0.1, 0.15) is 12.8 Å². The summed E-state index contributed by atoms with van der Waals surface area (Å²) >= 11 is 0. The lowest BCUT2D eigenvalue weighted by molar-refractivity contribution is 0.311. The van der Waals surface area contributed by atoms with Crippen molar-refractivity contribution in [2.75, 3.05) is 20.3 Å². The third-order valence-electron chi connectivity index (χ3n) is 2.42. The van der Waals surface area contributed by atoms with E-state index in [9.17, 15) is 0 Å². The molecular formula is C12H18ClNO2. The van der Waals surface area contributed by atoms with E-state index in [0.29, 0.717) is 6.61 Å². The summed E-state index contributed by atoms with van der Waals surface area (Å²) in [6.07, 6.45) is 2.64. The van der Waals surface area contributed by atoms with Crippen LogP contribution < -0.4 is 14.8 Å². The van der Waals surface area contributed by atoms with Crippen LogP contribution in [0.3, 0.4) is 0 Å². The van der Waals surface area contributed by atoms with Crippen molar-refractivity contribution in [1.29, 1.82) is 0 Å². The predicted molar refractivity (Wildman–Crippen MR) is 66.8 cm³/mol. The van der Waals surface area contributed by atoms with Gasteiger partial charge in [-0.2, -0.15) is 0 Å². The normalized spacial score (nSPS) is 14.1. The van der Waals surface area contributed by atoms with Gasteiger partial charge in [0.1, 0.15) is 18.1 Å². The average molecular weight is 244 g/mol. The van der Waals surface area contributed by atoms with Crippen LogP contribution in [0, 0.1) is 0 Å². The summed E-state index contributed by atoms with van der Waals surface area (Å²) in [7, 11) is 1.66. The minimum atomic E-state index is 0. The van der Waals surface area contributed by atoms with Crippen molar-refractivity contribution in [1.82, 2.24) is 5.32 Å². The highest BCUT2D eigenvalue weighted by atomic mass is 35.5. The molecule has 1 saturated carbocycles. The molecule has 0 heterocycles. The Morgan fingerprint density at radius 3 is 2.75 bits per heavy atom. The van der Waals surface area contributed by atoms with Crippen LogP contribution in [0.5, 0.6) is 11.5 Å². The summed E-state index contributed by atoms with van der Waals surface area (Å²) < 4.78 is 10.7. The number of rotatable bonds is 6. The standard InChI is InChI=1S/C12H17NO2.ClH/c1-14-11-3-2-4-12(9-11)15-8-7-13-10-5-6-10;/h2-4,9-10,13H,5-8H2,1H3;1H. The Hall–Kier alpha value is -0.930. The topological polar surface area (TPSA) is 30.5 Å². The quantitative estimate of drug-likeness (QED) is 0.778. The Labute approximate surface area is 103 Å². The van der Waals surface area contributed by atoms with Crippen LogP contribution in [0.2, 0.25) is 0 Å². The van der Waals surface area contributed by atoms with E-state index in [1.54, 1.807) is 7.11 Å². The zero-order chi connectivity index (χ0) is 10.5. The zero-order valence-electron chi connectivity index (χ0n) is 9.44. The highest BCUT2D eigenvalue weighted by Crippen LogP contribution is 2.19. The second kappa shape index (κ2) is 6.61. The molecule has 0 amide bonds. The maximum atomic E-state index is 5.58. The van der Waals surface area contributed by atoms with Gasteiger partial charge in [-0.25, -0.2) is 0 Å². The molecule has 4 heteroatoms. The molecule has 0 aliphatic heterocycles. The molecule has 1 aliphatic carbocycles. The van der Waals surface area contributed by atoms with Crippen LogP contribution in [0.15, 0.2) is 24.3 Å². The lowest BCUT2D eigenvalue weighted by Crippen LogP contribution is -2.22. The van der Waals surface area contributed by atoms with E-state index in [2.05, 4.69) is 5.32 Å². The largest absolute Gasteiger partial charge is 0.497 e. The van der Waals surface area contributed by atoms with Gasteiger partial charge >= 0.3 is 0 Å². The van der Waals surface area contributed by atoms with E-state index in [-0.39, 0.29) is 12.4 Å². The van der Waals surface area contributed by atoms with Gasteiger partial charge in [-0.05, 0) is 25.0 Å². The van der Waals surface area contributed by atoms with E-state index in [4.69, 9.17) is 9.47 Å². The van der Waals surface area contributed by atoms with Gasteiger partial charge in [-0.1, -0.05) is 6.07 Å². The molecule has 1 aliphatic rings. The first kappa shape index (κ1) is 13.1. The van der Waals surface area contributed by atoms with Crippen LogP contribution in [-0.4, -0.2) is 26.3 Å². The molecule has 2 rings (SSSR count). The van der Waals surface area contributed by atoms with Gasteiger partial charge in [-0.3, -0.25) is 0 Å². The summed E-state index contributed by atoms with van der Waals surface area (Å²) in [5, 5.41) is 3.40. The Kier molecular flexibility index (Phi) is 5.43. The second-order valence-corrected chi connectivity index (χ2v) is 3.76. The number of halogens is 1. The highest BCUT2D eigenvalue weighted by Gasteiger charge is 2.19. The van der Waals surface area contributed by atoms with Gasteiger partial charge in [-0.15, -0.1) is 12.4 Å². The second-order valence-electron chi connectivity index (χ2n) is 3.76. The molecule has 1 aromatic carbocycles. The maximum absolute atomic E-state index is 5.58. The molecule has 0 radical (unpaired) electrons. The third kappa shape index (κ3) is 4.29. The van der Waals surface area contributed by atoms with Gasteiger partial charge in [0.2, 0.25) is 0 Å². The smallest absolute Gasteiger partial charge is 0.123 e. The zero-order valence-corrected chi connectivity index (χ0v) is 10.3. The Morgan fingerprint density at radius 1 is 1.31 bits per heavy atom. The van der Waals surface area contributed by atoms with Crippen molar-refractivity contribution in [2.24, 2.45) is 0 Å². The van der Waals surface area contributed by atoms with Gasteiger partial charge < -0.3 is 14.8 Å². The minimum absolute atomic E-state index is 0. The monoisotopic (exact) mass is 243 g/mol. The van der Waals surface area contributed by atoms with Gasteiger partial charge in [0, 0.05) is 18.7 Å². The summed E-state index contributed by atoms with van der Waals surface area (Å²) in [5.74, 6) is 1.70. The molecule has 0 saturated heterocycles. The summed E-state index contributed by atoms with van der Waals surface area (Å²) in [6, 6.07) is 8.44. The number of ether oxygens (including phenoxy) is 2. The van der Waals surface area contributed by atoms with Crippen LogP contribution >= 0.6 is 12.4 Å². The van der Waals surface area contributed by atoms with Crippen molar-refractivity contribution >= 4 is 12.4 Å². The molecule has 1 aromatic rings. The van der Waals surface area contributed by atoms with Gasteiger partial charge in [0.15, 0.2) is 0 Å². The fraction of sp³-hybridized carbons (Fsp3) is 0.500. The van der Waals surface area contributed by atoms with Crippen molar-refractivity contribution in [3.8, 4) is 11.5 Å². The van der Waals surface area contributed by atoms with E-state index < -0.39 is 0 Å². The molecule has 0 bridgehead atoms. The third-order valence-corrected chi connectivity index (χ3v) is 2.42. The summed E-state index contributed by atoms with van der Waals surface area (Å²) in [5.41, 5.74) is 0. The van der Waals surface area contributed by atoms with E-state index in [0.717, 1.165) is 24.1 Å². The van der Waals surface area contributed by atoms with Crippen LogP contribution in [-0.2, 0) is 0 Å². The van der Waals surface area contributed by atoms with E-state index in [1.165, 1.54) is 12.8 Å². The van der Waals surface area contributed by atoms with Crippen molar-refractivity contribution in [2.45, 2.75) is 18.9 Å². The molecule has 0 atom stereocenters. The summed E-state index contributed by atoms with van der Waals surface area (Å²) in [4.78, 5) is 0. The van der Waals surface area contributed by atoms with E-state index in [1.807, 2.05) is 24.3 Å². The van der Waals surface area contributed by atoms with Crippen molar-refractivity contribution < 1.29 is 9.47 Å². The molecular weight excluding hydrogens is 226 g/mol. The Morgan fingerprint density at radius 2 is 2.06 bits per heavy atom. The highest BCUT2D eigenvalue weighted by molar-refractivity contribution is 5.85. The van der Waals surface area contributed by atoms with Gasteiger partial charge in [0.05, 0.1) is 7.11 Å².